The van der Waals surface area contributed by atoms with Crippen molar-refractivity contribution in [2.24, 2.45) is 0 Å². The molecule has 0 atom stereocenters. The third-order valence-electron chi connectivity index (χ3n) is 4.97. The van der Waals surface area contributed by atoms with Crippen molar-refractivity contribution in [3.05, 3.63) is 29.3 Å². The summed E-state index contributed by atoms with van der Waals surface area (Å²) in [5.41, 5.74) is 1.68. The molecule has 3 rings (SSSR count). The summed E-state index contributed by atoms with van der Waals surface area (Å²) < 4.78 is 24.1. The molecular weight excluding hydrogens is 340 g/mol. The van der Waals surface area contributed by atoms with E-state index in [1.54, 1.807) is 28.9 Å². The maximum absolute atomic E-state index is 12.6. The zero-order valence-corrected chi connectivity index (χ0v) is 15.3. The molecule has 2 heterocycles. The van der Waals surface area contributed by atoms with Crippen LogP contribution in [0.25, 0.3) is 0 Å². The van der Waals surface area contributed by atoms with Crippen molar-refractivity contribution in [3.63, 3.8) is 0 Å². The zero-order chi connectivity index (χ0) is 18.0. The van der Waals surface area contributed by atoms with Crippen LogP contribution in [-0.4, -0.2) is 62.0 Å². The molecule has 2 amide bonds. The number of carbonyl (C=O) groups is 2. The van der Waals surface area contributed by atoms with Gasteiger partial charge in [0.2, 0.25) is 11.8 Å². The van der Waals surface area contributed by atoms with Gasteiger partial charge >= 0.3 is 0 Å². The van der Waals surface area contributed by atoms with E-state index in [9.17, 15) is 18.0 Å². The molecule has 7 heteroatoms. The standard InChI is InChI=1S/C18H24N2O4S/c1-14(21)19-7-3-8-20(10-9-19)18(22)13-15-5-6-17-16(12-15)4-2-11-25(17,23)24/h5-6,12H,2-4,7-11,13H2,1H3. The van der Waals surface area contributed by atoms with Crippen LogP contribution in [-0.2, 0) is 32.3 Å². The molecule has 0 N–H and O–H groups in total. The number of sulfone groups is 1. The highest BCUT2D eigenvalue weighted by Gasteiger charge is 2.24. The summed E-state index contributed by atoms with van der Waals surface area (Å²) in [5.74, 6) is 0.285. The number of rotatable bonds is 2. The molecule has 0 bridgehead atoms. The molecule has 136 valence electrons. The number of carbonyl (C=O) groups excluding carboxylic acids is 2. The molecular formula is C18H24N2O4S. The first-order chi connectivity index (χ1) is 11.9. The first-order valence-electron chi connectivity index (χ1n) is 8.75. The Labute approximate surface area is 148 Å². The van der Waals surface area contributed by atoms with Crippen LogP contribution in [0.15, 0.2) is 23.1 Å². The van der Waals surface area contributed by atoms with Gasteiger partial charge in [0, 0.05) is 33.1 Å². The van der Waals surface area contributed by atoms with E-state index in [0.717, 1.165) is 24.0 Å². The van der Waals surface area contributed by atoms with Crippen LogP contribution in [0.5, 0.6) is 0 Å². The molecule has 2 aliphatic rings. The number of amides is 2. The second-order valence-electron chi connectivity index (χ2n) is 6.78. The Morgan fingerprint density at radius 1 is 1.04 bits per heavy atom. The molecule has 1 aromatic rings. The highest BCUT2D eigenvalue weighted by molar-refractivity contribution is 7.91. The van der Waals surface area contributed by atoms with Crippen molar-refractivity contribution in [3.8, 4) is 0 Å². The highest BCUT2D eigenvalue weighted by atomic mass is 32.2. The fourth-order valence-corrected chi connectivity index (χ4v) is 5.15. The molecule has 0 aliphatic carbocycles. The average molecular weight is 364 g/mol. The molecule has 6 nitrogen and oxygen atoms in total. The summed E-state index contributed by atoms with van der Waals surface area (Å²) >= 11 is 0. The molecule has 1 fully saturated rings. The lowest BCUT2D eigenvalue weighted by molar-refractivity contribution is -0.132. The number of hydrogen-bond acceptors (Lipinski definition) is 4. The third kappa shape index (κ3) is 4.03. The normalized spacial score (nSPS) is 19.9. The first kappa shape index (κ1) is 17.9. The fraction of sp³-hybridized carbons (Fsp3) is 0.556. The Balaban J connectivity index is 1.68. The molecule has 0 radical (unpaired) electrons. The van der Waals surface area contributed by atoms with E-state index in [4.69, 9.17) is 0 Å². The van der Waals surface area contributed by atoms with Gasteiger partial charge in [0.15, 0.2) is 9.84 Å². The molecule has 0 aromatic heterocycles. The predicted molar refractivity (Wildman–Crippen MR) is 94.0 cm³/mol. The summed E-state index contributed by atoms with van der Waals surface area (Å²) in [7, 11) is -3.16. The van der Waals surface area contributed by atoms with Crippen molar-refractivity contribution >= 4 is 21.7 Å². The number of benzene rings is 1. The van der Waals surface area contributed by atoms with Gasteiger partial charge < -0.3 is 9.80 Å². The Hall–Kier alpha value is -1.89. The van der Waals surface area contributed by atoms with Crippen molar-refractivity contribution < 1.29 is 18.0 Å². The zero-order valence-electron chi connectivity index (χ0n) is 14.5. The molecule has 0 saturated carbocycles. The molecule has 25 heavy (non-hydrogen) atoms. The second kappa shape index (κ2) is 7.15. The van der Waals surface area contributed by atoms with Crippen LogP contribution in [0.3, 0.4) is 0 Å². The Morgan fingerprint density at radius 3 is 2.52 bits per heavy atom. The number of hydrogen-bond donors (Lipinski definition) is 0. The summed E-state index contributed by atoms with van der Waals surface area (Å²) in [5, 5.41) is 0. The monoisotopic (exact) mass is 364 g/mol. The fourth-order valence-electron chi connectivity index (χ4n) is 3.57. The summed E-state index contributed by atoms with van der Waals surface area (Å²) in [4.78, 5) is 28.1. The van der Waals surface area contributed by atoms with Crippen LogP contribution in [0.2, 0.25) is 0 Å². The van der Waals surface area contributed by atoms with Gasteiger partial charge in [-0.3, -0.25) is 9.59 Å². The Bertz CT molecular complexity index is 788. The van der Waals surface area contributed by atoms with Crippen molar-refractivity contribution in [1.29, 1.82) is 0 Å². The van der Waals surface area contributed by atoms with Gasteiger partial charge in [-0.1, -0.05) is 12.1 Å². The minimum atomic E-state index is -3.16. The number of nitrogens with zero attached hydrogens (tertiary/aromatic N) is 2. The van der Waals surface area contributed by atoms with Gasteiger partial charge in [-0.2, -0.15) is 0 Å². The van der Waals surface area contributed by atoms with Gasteiger partial charge in [-0.25, -0.2) is 8.42 Å². The molecule has 0 unspecified atom stereocenters. The highest BCUT2D eigenvalue weighted by Crippen LogP contribution is 2.26. The predicted octanol–water partition coefficient (Wildman–Crippen LogP) is 1.03. The summed E-state index contributed by atoms with van der Waals surface area (Å²) in [6, 6.07) is 5.26. The second-order valence-corrected chi connectivity index (χ2v) is 8.86. The molecule has 1 saturated heterocycles. The maximum Gasteiger partial charge on any atom is 0.227 e. The minimum Gasteiger partial charge on any atom is -0.341 e. The molecule has 1 aromatic carbocycles. The summed E-state index contributed by atoms with van der Waals surface area (Å²) in [6.45, 7) is 4.03. The quantitative estimate of drug-likeness (QED) is 0.786. The molecule has 2 aliphatic heterocycles. The number of fused-ring (bicyclic) bond motifs is 1. The van der Waals surface area contributed by atoms with E-state index in [2.05, 4.69) is 0 Å². The van der Waals surface area contributed by atoms with Crippen LogP contribution in [0.1, 0.15) is 30.9 Å². The number of aryl methyl sites for hydroxylation is 1. The third-order valence-corrected chi connectivity index (χ3v) is 6.86. The molecule has 0 spiro atoms. The maximum atomic E-state index is 12.6. The van der Waals surface area contributed by atoms with Crippen LogP contribution in [0, 0.1) is 0 Å². The van der Waals surface area contributed by atoms with E-state index < -0.39 is 9.84 Å². The average Bonchev–Trinajstić information content (AvgIpc) is 2.80. The van der Waals surface area contributed by atoms with E-state index in [0.29, 0.717) is 37.5 Å². The van der Waals surface area contributed by atoms with E-state index in [1.165, 1.54) is 0 Å². The van der Waals surface area contributed by atoms with E-state index >= 15 is 0 Å². The Kier molecular flexibility index (Phi) is 5.13. The largest absolute Gasteiger partial charge is 0.341 e. The van der Waals surface area contributed by atoms with Crippen molar-refractivity contribution in [1.82, 2.24) is 9.80 Å². The van der Waals surface area contributed by atoms with Crippen LogP contribution < -0.4 is 0 Å². The van der Waals surface area contributed by atoms with Gasteiger partial charge in [0.1, 0.15) is 0 Å². The van der Waals surface area contributed by atoms with E-state index in [1.807, 2.05) is 6.07 Å². The van der Waals surface area contributed by atoms with Gasteiger partial charge in [0.05, 0.1) is 17.1 Å². The topological polar surface area (TPSA) is 74.8 Å². The SMILES string of the molecule is CC(=O)N1CCCN(C(=O)Cc2ccc3c(c2)CCCS3(=O)=O)CC1. The first-order valence-corrected chi connectivity index (χ1v) is 10.4. The van der Waals surface area contributed by atoms with Gasteiger partial charge in [-0.15, -0.1) is 0 Å². The van der Waals surface area contributed by atoms with Gasteiger partial charge in [0.25, 0.3) is 0 Å². The smallest absolute Gasteiger partial charge is 0.227 e. The van der Waals surface area contributed by atoms with E-state index in [-0.39, 0.29) is 24.0 Å². The Morgan fingerprint density at radius 2 is 1.76 bits per heavy atom. The van der Waals surface area contributed by atoms with Gasteiger partial charge in [-0.05, 0) is 36.5 Å². The minimum absolute atomic E-state index is 0.0315. The lowest BCUT2D eigenvalue weighted by atomic mass is 10.0. The van der Waals surface area contributed by atoms with Crippen LogP contribution >= 0.6 is 0 Å². The summed E-state index contributed by atoms with van der Waals surface area (Å²) in [6.07, 6.45) is 2.44. The van der Waals surface area contributed by atoms with Crippen molar-refractivity contribution in [2.45, 2.75) is 37.5 Å². The lowest BCUT2D eigenvalue weighted by Crippen LogP contribution is -2.37. The van der Waals surface area contributed by atoms with Crippen LogP contribution in [0.4, 0.5) is 0 Å². The van der Waals surface area contributed by atoms with Crippen molar-refractivity contribution in [2.75, 3.05) is 31.9 Å². The lowest BCUT2D eigenvalue weighted by Gasteiger charge is -2.22.